The van der Waals surface area contributed by atoms with Crippen LogP contribution in [0.25, 0.3) is 11.5 Å². The van der Waals surface area contributed by atoms with E-state index in [1.165, 1.54) is 25.9 Å². The first-order valence-corrected chi connectivity index (χ1v) is 7.84. The Bertz CT molecular complexity index is 660. The minimum Gasteiger partial charge on any atom is -0.449 e. The third-order valence-electron chi connectivity index (χ3n) is 4.72. The highest BCUT2D eigenvalue weighted by molar-refractivity contribution is 5.92. The molecule has 2 aromatic heterocycles. The van der Waals surface area contributed by atoms with Crippen LogP contribution in [0, 0.1) is 5.92 Å². The molecule has 0 aromatic carbocycles. The van der Waals surface area contributed by atoms with Crippen molar-refractivity contribution in [2.45, 2.75) is 18.9 Å². The van der Waals surface area contributed by atoms with E-state index in [-0.39, 0.29) is 11.9 Å². The van der Waals surface area contributed by atoms with Crippen LogP contribution in [0.2, 0.25) is 0 Å². The molecule has 3 fully saturated rings. The van der Waals surface area contributed by atoms with Gasteiger partial charge in [-0.25, -0.2) is 0 Å². The maximum absolute atomic E-state index is 12.4. The Balaban J connectivity index is 1.46. The summed E-state index contributed by atoms with van der Waals surface area (Å²) in [5, 5.41) is 3.14. The number of nitrogens with one attached hydrogen (secondary N) is 1. The number of piperidine rings is 3. The standard InChI is InChI=1S/C17H19N3O2/c21-17(19-14-11-20-9-6-12(14)7-10-20)16-5-4-15(22-16)13-3-1-2-8-18-13/h1-5,8,12,14H,6-7,9-11H2,(H,19,21). The molecule has 5 heteroatoms. The molecule has 1 unspecified atom stereocenters. The highest BCUT2D eigenvalue weighted by atomic mass is 16.4. The number of aromatic nitrogens is 1. The minimum atomic E-state index is -0.124. The van der Waals surface area contributed by atoms with Crippen molar-refractivity contribution in [2.75, 3.05) is 19.6 Å². The maximum Gasteiger partial charge on any atom is 0.287 e. The lowest BCUT2D eigenvalue weighted by Gasteiger charge is -2.44. The van der Waals surface area contributed by atoms with E-state index in [4.69, 9.17) is 4.42 Å². The van der Waals surface area contributed by atoms with Gasteiger partial charge in [-0.2, -0.15) is 0 Å². The number of fused-ring (bicyclic) bond motifs is 3. The van der Waals surface area contributed by atoms with Gasteiger partial charge in [0.2, 0.25) is 0 Å². The SMILES string of the molecule is O=C(NC1CN2CCC1CC2)c1ccc(-c2ccccn2)o1. The molecule has 5 nitrogen and oxygen atoms in total. The van der Waals surface area contributed by atoms with E-state index in [2.05, 4.69) is 15.2 Å². The summed E-state index contributed by atoms with van der Waals surface area (Å²) in [6.07, 6.45) is 4.08. The van der Waals surface area contributed by atoms with Crippen molar-refractivity contribution in [1.29, 1.82) is 0 Å². The summed E-state index contributed by atoms with van der Waals surface area (Å²) in [4.78, 5) is 19.0. The number of hydrogen-bond acceptors (Lipinski definition) is 4. The van der Waals surface area contributed by atoms with Gasteiger partial charge in [0.15, 0.2) is 11.5 Å². The van der Waals surface area contributed by atoms with Crippen LogP contribution in [0.15, 0.2) is 40.9 Å². The van der Waals surface area contributed by atoms with Crippen molar-refractivity contribution in [3.8, 4) is 11.5 Å². The fourth-order valence-corrected chi connectivity index (χ4v) is 3.47. The third kappa shape index (κ3) is 2.52. The predicted octanol–water partition coefficient (Wildman–Crippen LogP) is 2.17. The van der Waals surface area contributed by atoms with Gasteiger partial charge < -0.3 is 14.6 Å². The zero-order chi connectivity index (χ0) is 14.9. The topological polar surface area (TPSA) is 58.4 Å². The fourth-order valence-electron chi connectivity index (χ4n) is 3.47. The molecular formula is C17H19N3O2. The second-order valence-corrected chi connectivity index (χ2v) is 6.10. The highest BCUT2D eigenvalue weighted by Gasteiger charge is 2.35. The first kappa shape index (κ1) is 13.5. The van der Waals surface area contributed by atoms with Crippen LogP contribution in [0.4, 0.5) is 0 Å². The Hall–Kier alpha value is -2.14. The predicted molar refractivity (Wildman–Crippen MR) is 82.4 cm³/mol. The summed E-state index contributed by atoms with van der Waals surface area (Å²) >= 11 is 0. The normalized spacial score (nSPS) is 26.8. The number of rotatable bonds is 3. The summed E-state index contributed by atoms with van der Waals surface area (Å²) in [7, 11) is 0. The van der Waals surface area contributed by atoms with Crippen LogP contribution in [-0.2, 0) is 0 Å². The van der Waals surface area contributed by atoms with Crippen LogP contribution in [-0.4, -0.2) is 41.5 Å². The second kappa shape index (κ2) is 5.57. The van der Waals surface area contributed by atoms with E-state index >= 15 is 0 Å². The van der Waals surface area contributed by atoms with Gasteiger partial charge in [0.05, 0.1) is 0 Å². The Labute approximate surface area is 129 Å². The van der Waals surface area contributed by atoms with Crippen molar-refractivity contribution in [1.82, 2.24) is 15.2 Å². The van der Waals surface area contributed by atoms with Crippen molar-refractivity contribution in [3.63, 3.8) is 0 Å². The van der Waals surface area contributed by atoms with Crippen molar-refractivity contribution >= 4 is 5.91 Å². The molecule has 1 atom stereocenters. The molecular weight excluding hydrogens is 278 g/mol. The molecule has 1 amide bonds. The van der Waals surface area contributed by atoms with Crippen LogP contribution in [0.5, 0.6) is 0 Å². The van der Waals surface area contributed by atoms with E-state index in [0.717, 1.165) is 12.2 Å². The molecule has 5 heterocycles. The van der Waals surface area contributed by atoms with E-state index in [1.807, 2.05) is 18.2 Å². The fraction of sp³-hybridized carbons (Fsp3) is 0.412. The minimum absolute atomic E-state index is 0.124. The number of nitrogens with zero attached hydrogens (tertiary/aromatic N) is 2. The number of carbonyl (C=O) groups is 1. The van der Waals surface area contributed by atoms with Crippen LogP contribution in [0.3, 0.4) is 0 Å². The van der Waals surface area contributed by atoms with Crippen LogP contribution < -0.4 is 5.32 Å². The van der Waals surface area contributed by atoms with Gasteiger partial charge >= 0.3 is 0 Å². The molecule has 0 radical (unpaired) electrons. The van der Waals surface area contributed by atoms with Gasteiger partial charge in [-0.3, -0.25) is 9.78 Å². The van der Waals surface area contributed by atoms with Gasteiger partial charge in [-0.15, -0.1) is 0 Å². The Kier molecular flexibility index (Phi) is 3.42. The molecule has 0 aliphatic carbocycles. The molecule has 3 saturated heterocycles. The van der Waals surface area contributed by atoms with Crippen LogP contribution >= 0.6 is 0 Å². The van der Waals surface area contributed by atoms with Gasteiger partial charge in [-0.1, -0.05) is 6.07 Å². The molecule has 22 heavy (non-hydrogen) atoms. The lowest BCUT2D eigenvalue weighted by molar-refractivity contribution is 0.0606. The number of amides is 1. The van der Waals surface area contributed by atoms with E-state index < -0.39 is 0 Å². The largest absolute Gasteiger partial charge is 0.449 e. The van der Waals surface area contributed by atoms with Crippen molar-refractivity contribution in [2.24, 2.45) is 5.92 Å². The molecule has 0 spiro atoms. The van der Waals surface area contributed by atoms with Gasteiger partial charge in [-0.05, 0) is 56.1 Å². The van der Waals surface area contributed by atoms with E-state index in [0.29, 0.717) is 17.4 Å². The van der Waals surface area contributed by atoms with Crippen molar-refractivity contribution in [3.05, 3.63) is 42.3 Å². The quantitative estimate of drug-likeness (QED) is 0.943. The second-order valence-electron chi connectivity index (χ2n) is 6.10. The van der Waals surface area contributed by atoms with E-state index in [9.17, 15) is 4.79 Å². The summed E-state index contributed by atoms with van der Waals surface area (Å²) in [5.74, 6) is 1.47. The van der Waals surface area contributed by atoms with Gasteiger partial charge in [0, 0.05) is 18.8 Å². The summed E-state index contributed by atoms with van der Waals surface area (Å²) in [5.41, 5.74) is 0.740. The average molecular weight is 297 g/mol. The smallest absolute Gasteiger partial charge is 0.287 e. The van der Waals surface area contributed by atoms with Crippen molar-refractivity contribution < 1.29 is 9.21 Å². The monoisotopic (exact) mass is 297 g/mol. The number of pyridine rings is 1. The molecule has 114 valence electrons. The number of carbonyl (C=O) groups excluding carboxylic acids is 1. The molecule has 5 rings (SSSR count). The first-order chi connectivity index (χ1) is 10.8. The Morgan fingerprint density at radius 2 is 2.09 bits per heavy atom. The molecule has 3 aliphatic rings. The summed E-state index contributed by atoms with van der Waals surface area (Å²) in [6.45, 7) is 3.30. The molecule has 2 aromatic rings. The van der Waals surface area contributed by atoms with Gasteiger partial charge in [0.1, 0.15) is 5.69 Å². The first-order valence-electron chi connectivity index (χ1n) is 7.84. The van der Waals surface area contributed by atoms with Crippen LogP contribution in [0.1, 0.15) is 23.4 Å². The zero-order valence-electron chi connectivity index (χ0n) is 12.4. The lowest BCUT2D eigenvalue weighted by atomic mass is 9.84. The summed E-state index contributed by atoms with van der Waals surface area (Å²) in [6, 6.07) is 9.40. The maximum atomic E-state index is 12.4. The Morgan fingerprint density at radius 3 is 2.77 bits per heavy atom. The molecule has 1 N–H and O–H groups in total. The average Bonchev–Trinajstić information content (AvgIpc) is 3.07. The molecule has 2 bridgehead atoms. The van der Waals surface area contributed by atoms with Gasteiger partial charge in [0.25, 0.3) is 5.91 Å². The lowest BCUT2D eigenvalue weighted by Crippen LogP contribution is -2.57. The number of hydrogen-bond donors (Lipinski definition) is 1. The molecule has 3 aliphatic heterocycles. The molecule has 0 saturated carbocycles. The third-order valence-corrected chi connectivity index (χ3v) is 4.72. The highest BCUT2D eigenvalue weighted by Crippen LogP contribution is 2.28. The van der Waals surface area contributed by atoms with E-state index in [1.54, 1.807) is 18.3 Å². The number of furan rings is 1. The Morgan fingerprint density at radius 1 is 1.23 bits per heavy atom. The summed E-state index contributed by atoms with van der Waals surface area (Å²) < 4.78 is 5.66. The zero-order valence-corrected chi connectivity index (χ0v) is 12.4.